The molecule has 0 aliphatic carbocycles. The first-order valence-electron chi connectivity index (χ1n) is 29.9. The van der Waals surface area contributed by atoms with Crippen molar-refractivity contribution in [3.63, 3.8) is 0 Å². The first-order valence-corrected chi connectivity index (χ1v) is 31.3. The molecule has 0 spiro atoms. The van der Waals surface area contributed by atoms with Gasteiger partial charge in [-0.05, 0) is 12.8 Å². The lowest BCUT2D eigenvalue weighted by Gasteiger charge is -2.30. The number of nitrogens with zero attached hydrogens (tertiary/aromatic N) is 1. The van der Waals surface area contributed by atoms with Crippen molar-refractivity contribution in [2.24, 2.45) is 0 Å². The van der Waals surface area contributed by atoms with Crippen LogP contribution in [-0.2, 0) is 18.4 Å². The molecule has 67 heavy (non-hydrogen) atoms. The highest BCUT2D eigenvalue weighted by Crippen LogP contribution is 2.38. The average molecular weight is 972 g/mol. The zero-order valence-corrected chi connectivity index (χ0v) is 46.8. The molecule has 3 unspecified atom stereocenters. The second-order valence-corrected chi connectivity index (χ2v) is 23.5. The number of aliphatic hydroxyl groups excluding tert-OH is 1. The molecule has 0 aromatic rings. The van der Waals surface area contributed by atoms with E-state index in [9.17, 15) is 19.4 Å². The van der Waals surface area contributed by atoms with Crippen LogP contribution in [-0.4, -0.2) is 68.5 Å². The Kier molecular flexibility index (Phi) is 50.1. The van der Waals surface area contributed by atoms with Crippen molar-refractivity contribution in [3.8, 4) is 0 Å². The zero-order chi connectivity index (χ0) is 49.2. The number of amides is 1. The fourth-order valence-corrected chi connectivity index (χ4v) is 10.1. The number of unbranched alkanes of at least 4 members (excludes halogenated alkanes) is 43. The Morgan fingerprint density at radius 3 is 1.01 bits per heavy atom. The summed E-state index contributed by atoms with van der Waals surface area (Å²) in [5, 5.41) is 13.7. The highest BCUT2D eigenvalue weighted by atomic mass is 31.2. The van der Waals surface area contributed by atoms with Gasteiger partial charge < -0.3 is 28.8 Å². The summed E-state index contributed by atoms with van der Waals surface area (Å²) in [7, 11) is 1.31. The molecule has 8 nitrogen and oxygen atoms in total. The molecule has 0 bridgehead atoms. The third-order valence-corrected chi connectivity index (χ3v) is 15.1. The number of quaternary nitrogens is 1. The van der Waals surface area contributed by atoms with E-state index in [0.29, 0.717) is 23.9 Å². The first kappa shape index (κ1) is 66.5. The van der Waals surface area contributed by atoms with Crippen molar-refractivity contribution in [3.05, 3.63) is 0 Å². The van der Waals surface area contributed by atoms with E-state index in [1.807, 2.05) is 21.1 Å². The third-order valence-electron chi connectivity index (χ3n) is 14.1. The summed E-state index contributed by atoms with van der Waals surface area (Å²) in [6.07, 6.45) is 61.3. The summed E-state index contributed by atoms with van der Waals surface area (Å²) in [4.78, 5) is 25.1. The van der Waals surface area contributed by atoms with Crippen LogP contribution in [0.2, 0.25) is 0 Å². The molecule has 0 aliphatic heterocycles. The Morgan fingerprint density at radius 2 is 0.731 bits per heavy atom. The number of phosphoric ester groups is 1. The molecule has 0 heterocycles. The SMILES string of the molecule is CCCCCCCCCCCCCCCCCCCCCCCCCCCCCCCCCCCCCCCCCCCC(=O)NC(COP(=O)([O-])OCC[N+](C)(C)C)C(O)CCCCCC. The van der Waals surface area contributed by atoms with Crippen molar-refractivity contribution >= 4 is 13.7 Å². The molecule has 402 valence electrons. The molecule has 1 amide bonds. The van der Waals surface area contributed by atoms with E-state index in [1.165, 1.54) is 244 Å². The van der Waals surface area contributed by atoms with Gasteiger partial charge in [-0.25, -0.2) is 0 Å². The van der Waals surface area contributed by atoms with Crippen molar-refractivity contribution in [2.75, 3.05) is 40.9 Å². The second-order valence-electron chi connectivity index (χ2n) is 22.1. The third kappa shape index (κ3) is 53.1. The Hall–Kier alpha value is -0.500. The molecule has 3 atom stereocenters. The van der Waals surface area contributed by atoms with Crippen LogP contribution in [0.5, 0.6) is 0 Å². The van der Waals surface area contributed by atoms with Crippen molar-refractivity contribution < 1.29 is 32.9 Å². The number of nitrogens with one attached hydrogen (secondary N) is 1. The van der Waals surface area contributed by atoms with Crippen molar-refractivity contribution in [1.29, 1.82) is 0 Å². The molecule has 9 heteroatoms. The van der Waals surface area contributed by atoms with Crippen LogP contribution in [0.25, 0.3) is 0 Å². The summed E-state index contributed by atoms with van der Waals surface area (Å²) in [6, 6.07) is -0.791. The van der Waals surface area contributed by atoms with Crippen molar-refractivity contribution in [1.82, 2.24) is 5.32 Å². The number of likely N-dealkylation sites (N-methyl/N-ethyl adjacent to an activating group) is 1. The normalized spacial score (nSPS) is 13.8. The Balaban J connectivity index is 3.54. The number of phosphoric acid groups is 1. The highest BCUT2D eigenvalue weighted by Gasteiger charge is 2.24. The largest absolute Gasteiger partial charge is 0.756 e. The maximum atomic E-state index is 12.8. The van der Waals surface area contributed by atoms with Gasteiger partial charge in [-0.2, -0.15) is 0 Å². The van der Waals surface area contributed by atoms with Gasteiger partial charge in [0, 0.05) is 6.42 Å². The number of aliphatic hydroxyl groups is 1. The van der Waals surface area contributed by atoms with Gasteiger partial charge in [0.1, 0.15) is 13.2 Å². The summed E-state index contributed by atoms with van der Waals surface area (Å²) < 4.78 is 23.1. The van der Waals surface area contributed by atoms with Gasteiger partial charge in [0.2, 0.25) is 5.91 Å². The van der Waals surface area contributed by atoms with Gasteiger partial charge in [0.05, 0.1) is 39.9 Å². The average Bonchev–Trinajstić information content (AvgIpc) is 3.29. The number of carbonyl (C=O) groups excluding carboxylic acids is 1. The summed E-state index contributed by atoms with van der Waals surface area (Å²) in [6.45, 7) is 4.63. The van der Waals surface area contributed by atoms with Gasteiger partial charge >= 0.3 is 0 Å². The molecule has 0 aliphatic rings. The standard InChI is InChI=1S/C58H119N2O6P/c1-6-8-10-12-13-14-15-16-17-18-19-20-21-22-23-24-25-26-27-28-29-30-31-32-33-34-35-36-37-38-39-40-41-42-43-44-45-46-47-48-50-52-58(62)59-56(57(61)51-49-11-9-7-2)55-66-67(63,64)65-54-53-60(3,4)5/h56-57,61H,6-55H2,1-5H3,(H-,59,62,63,64). The molecule has 0 aromatic heterocycles. The van der Waals surface area contributed by atoms with E-state index in [-0.39, 0.29) is 19.1 Å². The Labute approximate surface area is 419 Å². The lowest BCUT2D eigenvalue weighted by atomic mass is 10.0. The van der Waals surface area contributed by atoms with Crippen LogP contribution in [0.3, 0.4) is 0 Å². The first-order chi connectivity index (χ1) is 32.5. The minimum absolute atomic E-state index is 0.0146. The van der Waals surface area contributed by atoms with Gasteiger partial charge in [0.15, 0.2) is 0 Å². The van der Waals surface area contributed by atoms with Crippen LogP contribution < -0.4 is 10.2 Å². The zero-order valence-electron chi connectivity index (χ0n) is 45.9. The van der Waals surface area contributed by atoms with Crippen LogP contribution in [0.4, 0.5) is 0 Å². The summed E-state index contributed by atoms with van der Waals surface area (Å²) >= 11 is 0. The fourth-order valence-electron chi connectivity index (χ4n) is 9.40. The van der Waals surface area contributed by atoms with Crippen LogP contribution in [0, 0.1) is 0 Å². The number of hydrogen-bond donors (Lipinski definition) is 2. The number of hydrogen-bond acceptors (Lipinski definition) is 6. The molecule has 2 N–H and O–H groups in total. The molecule has 0 rings (SSSR count). The van der Waals surface area contributed by atoms with Crippen LogP contribution in [0.15, 0.2) is 0 Å². The molecule has 0 aromatic carbocycles. The van der Waals surface area contributed by atoms with E-state index < -0.39 is 20.0 Å². The monoisotopic (exact) mass is 971 g/mol. The van der Waals surface area contributed by atoms with E-state index in [2.05, 4.69) is 19.2 Å². The predicted octanol–water partition coefficient (Wildman–Crippen LogP) is 17.4. The van der Waals surface area contributed by atoms with E-state index in [0.717, 1.165) is 44.9 Å². The summed E-state index contributed by atoms with van der Waals surface area (Å²) in [5.74, 6) is -0.167. The van der Waals surface area contributed by atoms with Gasteiger partial charge in [-0.15, -0.1) is 0 Å². The maximum Gasteiger partial charge on any atom is 0.268 e. The van der Waals surface area contributed by atoms with Crippen LogP contribution in [0.1, 0.15) is 316 Å². The molecule has 0 radical (unpaired) electrons. The molecular formula is C58H119N2O6P. The van der Waals surface area contributed by atoms with E-state index >= 15 is 0 Å². The smallest absolute Gasteiger partial charge is 0.268 e. The second kappa shape index (κ2) is 50.4. The minimum Gasteiger partial charge on any atom is -0.756 e. The van der Waals surface area contributed by atoms with Crippen LogP contribution >= 0.6 is 7.82 Å². The molecule has 0 saturated carbocycles. The van der Waals surface area contributed by atoms with E-state index in [4.69, 9.17) is 9.05 Å². The Morgan fingerprint density at radius 1 is 0.463 bits per heavy atom. The lowest BCUT2D eigenvalue weighted by Crippen LogP contribution is -2.46. The molecule has 0 saturated heterocycles. The lowest BCUT2D eigenvalue weighted by molar-refractivity contribution is -0.870. The number of carbonyl (C=O) groups is 1. The van der Waals surface area contributed by atoms with E-state index in [1.54, 1.807) is 0 Å². The molecular weight excluding hydrogens is 852 g/mol. The fraction of sp³-hybridized carbons (Fsp3) is 0.983. The predicted molar refractivity (Wildman–Crippen MR) is 289 cm³/mol. The maximum absolute atomic E-state index is 12.8. The topological polar surface area (TPSA) is 108 Å². The van der Waals surface area contributed by atoms with Crippen molar-refractivity contribution in [2.45, 2.75) is 328 Å². The van der Waals surface area contributed by atoms with Gasteiger partial charge in [-0.3, -0.25) is 9.36 Å². The highest BCUT2D eigenvalue weighted by molar-refractivity contribution is 7.45. The summed E-state index contributed by atoms with van der Waals surface area (Å²) in [5.41, 5.74) is 0. The number of rotatable bonds is 56. The van der Waals surface area contributed by atoms with Gasteiger partial charge in [-0.1, -0.05) is 296 Å². The minimum atomic E-state index is -4.54. The van der Waals surface area contributed by atoms with Gasteiger partial charge in [0.25, 0.3) is 7.82 Å². The quantitative estimate of drug-likeness (QED) is 0.0357. The molecule has 0 fully saturated rings. The Bertz CT molecular complexity index is 1060.